The molecule has 1 aromatic rings. The average Bonchev–Trinajstić information content (AvgIpc) is 2.76. The van der Waals surface area contributed by atoms with Crippen LogP contribution in [0.1, 0.15) is 99.0 Å². The van der Waals surface area contributed by atoms with Gasteiger partial charge in [-0.15, -0.1) is 0 Å². The molecule has 6 heteroatoms. The number of unbranched alkanes of at least 4 members (excludes halogenated alkanes) is 3. The van der Waals surface area contributed by atoms with Gasteiger partial charge in [0.1, 0.15) is 0 Å². The number of carbonyl (C=O) groups excluding carboxylic acids is 1. The first-order chi connectivity index (χ1) is 15.9. The number of hydrogen-bond acceptors (Lipinski definition) is 5. The third kappa shape index (κ3) is 30.2. The average molecular weight is 485 g/mol. The molecule has 0 saturated carbocycles. The van der Waals surface area contributed by atoms with Crippen molar-refractivity contribution in [3.8, 4) is 11.5 Å². The molecule has 0 aliphatic carbocycles. The van der Waals surface area contributed by atoms with Crippen molar-refractivity contribution in [2.45, 2.75) is 106 Å². The van der Waals surface area contributed by atoms with Gasteiger partial charge in [-0.2, -0.15) is 0 Å². The predicted octanol–water partition coefficient (Wildman–Crippen LogP) is 6.27. The minimum Gasteiger partial charge on any atom is -0.504 e. The highest BCUT2D eigenvalue weighted by atomic mass is 16.5. The van der Waals surface area contributed by atoms with E-state index >= 15 is 0 Å². The van der Waals surface area contributed by atoms with Gasteiger partial charge in [0, 0.05) is 25.7 Å². The van der Waals surface area contributed by atoms with Crippen molar-refractivity contribution in [1.82, 2.24) is 5.32 Å². The maximum Gasteiger partial charge on any atom is 0.220 e. The third-order valence-corrected chi connectivity index (χ3v) is 4.25. The Morgan fingerprint density at radius 3 is 1.97 bits per heavy atom. The zero-order valence-electron chi connectivity index (χ0n) is 23.2. The Hall–Kier alpha value is -1.79. The Kier molecular flexibility index (Phi) is 27.9. The largest absolute Gasteiger partial charge is 0.504 e. The molecule has 201 valence electrons. The molecule has 0 heterocycles. The van der Waals surface area contributed by atoms with Gasteiger partial charge in [-0.05, 0) is 56.7 Å². The molecule has 0 spiro atoms. The Bertz CT molecular complexity index is 571. The van der Waals surface area contributed by atoms with Gasteiger partial charge in [-0.1, -0.05) is 72.8 Å². The molecule has 0 atom stereocenters. The number of aromatic hydroxyl groups is 1. The summed E-state index contributed by atoms with van der Waals surface area (Å²) in [7, 11) is 1.51. The van der Waals surface area contributed by atoms with Crippen molar-refractivity contribution in [3.63, 3.8) is 0 Å². The number of benzene rings is 1. The lowest BCUT2D eigenvalue weighted by Crippen LogP contribution is -2.22. The second kappa shape index (κ2) is 25.8. The van der Waals surface area contributed by atoms with E-state index in [9.17, 15) is 9.90 Å². The number of hydrogen-bond donors (Lipinski definition) is 4. The van der Waals surface area contributed by atoms with Gasteiger partial charge in [0.2, 0.25) is 5.91 Å². The molecule has 1 rings (SSSR count). The minimum atomic E-state index is -0.167. The summed E-state index contributed by atoms with van der Waals surface area (Å²) in [5.41, 5.74) is 0.917. The molecule has 0 fully saturated rings. The number of carbonyl (C=O) groups is 1. The third-order valence-electron chi connectivity index (χ3n) is 4.25. The molecule has 34 heavy (non-hydrogen) atoms. The van der Waals surface area contributed by atoms with Crippen LogP contribution in [0.5, 0.6) is 11.5 Å². The van der Waals surface area contributed by atoms with E-state index in [-0.39, 0.29) is 24.4 Å². The van der Waals surface area contributed by atoms with Gasteiger partial charge in [-0.3, -0.25) is 4.79 Å². The standard InChI is InChI=1S/C18H29NO3.C5H11.C3H8O.C2H6O/c1-14(2)8-6-4-5-7-9-18(21)19-13-15-10-11-16(20)17(12-15)22-3;1-4-5(2)3;1-3(2)4;1-2-3/h10-12,14,20H,4-9,13H2,1-3H3,(H,19,21);5H,1,4H2,2-3H3;3-4H,1-2H3;3H,2H2,1H3. The molecule has 1 aromatic carbocycles. The van der Waals surface area contributed by atoms with Crippen molar-refractivity contribution in [1.29, 1.82) is 0 Å². The number of nitrogens with one attached hydrogen (secondary N) is 1. The first-order valence-corrected chi connectivity index (χ1v) is 12.7. The number of methoxy groups -OCH3 is 1. The monoisotopic (exact) mass is 484 g/mol. The lowest BCUT2D eigenvalue weighted by atomic mass is 10.0. The van der Waals surface area contributed by atoms with Gasteiger partial charge < -0.3 is 25.4 Å². The van der Waals surface area contributed by atoms with Crippen LogP contribution in [-0.4, -0.2) is 41.0 Å². The molecule has 1 radical (unpaired) electrons. The highest BCUT2D eigenvalue weighted by Gasteiger charge is 2.05. The zero-order valence-corrected chi connectivity index (χ0v) is 23.2. The van der Waals surface area contributed by atoms with Gasteiger partial charge >= 0.3 is 0 Å². The molecule has 0 aromatic heterocycles. The number of rotatable bonds is 11. The van der Waals surface area contributed by atoms with E-state index in [1.54, 1.807) is 39.0 Å². The van der Waals surface area contributed by atoms with Crippen molar-refractivity contribution in [3.05, 3.63) is 30.7 Å². The number of phenolic OH excluding ortho intramolecular Hbond substituents is 1. The summed E-state index contributed by atoms with van der Waals surface area (Å²) >= 11 is 0. The summed E-state index contributed by atoms with van der Waals surface area (Å²) in [5.74, 6) is 2.16. The van der Waals surface area contributed by atoms with Gasteiger partial charge in [-0.25, -0.2) is 0 Å². The van der Waals surface area contributed by atoms with Crippen LogP contribution in [-0.2, 0) is 11.3 Å². The number of ether oxygens (including phenoxy) is 1. The molecule has 0 aliphatic heterocycles. The molecule has 0 unspecified atom stereocenters. The summed E-state index contributed by atoms with van der Waals surface area (Å²) in [6.45, 7) is 18.3. The van der Waals surface area contributed by atoms with Crippen molar-refractivity contribution < 1.29 is 24.9 Å². The van der Waals surface area contributed by atoms with E-state index in [1.807, 2.05) is 0 Å². The maximum atomic E-state index is 11.8. The van der Waals surface area contributed by atoms with Crippen LogP contribution in [0.4, 0.5) is 0 Å². The Labute approximate surface area is 210 Å². The Morgan fingerprint density at radius 2 is 1.53 bits per heavy atom. The van der Waals surface area contributed by atoms with Crippen molar-refractivity contribution in [2.24, 2.45) is 11.8 Å². The molecule has 1 amide bonds. The number of aliphatic hydroxyl groups is 2. The lowest BCUT2D eigenvalue weighted by molar-refractivity contribution is -0.121. The normalized spacial score (nSPS) is 9.94. The highest BCUT2D eigenvalue weighted by molar-refractivity contribution is 5.75. The molecule has 0 aliphatic rings. The van der Waals surface area contributed by atoms with Crippen molar-refractivity contribution >= 4 is 5.91 Å². The summed E-state index contributed by atoms with van der Waals surface area (Å²) < 4.78 is 5.05. The molecule has 0 bridgehead atoms. The van der Waals surface area contributed by atoms with E-state index < -0.39 is 0 Å². The molecular formula is C28H54NO5. The second-order valence-electron chi connectivity index (χ2n) is 9.22. The van der Waals surface area contributed by atoms with E-state index in [1.165, 1.54) is 26.4 Å². The predicted molar refractivity (Wildman–Crippen MR) is 144 cm³/mol. The molecular weight excluding hydrogens is 430 g/mol. The maximum absolute atomic E-state index is 11.8. The topological polar surface area (TPSA) is 99.0 Å². The van der Waals surface area contributed by atoms with Crippen LogP contribution in [0.25, 0.3) is 0 Å². The fraction of sp³-hybridized carbons (Fsp3) is 0.714. The number of phenols is 1. The van der Waals surface area contributed by atoms with Crippen LogP contribution in [0.2, 0.25) is 0 Å². The summed E-state index contributed by atoms with van der Waals surface area (Å²) in [4.78, 5) is 11.8. The number of aliphatic hydroxyl groups excluding tert-OH is 2. The summed E-state index contributed by atoms with van der Waals surface area (Å²) in [6, 6.07) is 5.10. The molecule has 0 saturated heterocycles. The van der Waals surface area contributed by atoms with Crippen LogP contribution < -0.4 is 10.1 Å². The van der Waals surface area contributed by atoms with Gasteiger partial charge in [0.15, 0.2) is 11.5 Å². The van der Waals surface area contributed by atoms with Crippen LogP contribution in [0.15, 0.2) is 18.2 Å². The lowest BCUT2D eigenvalue weighted by Gasteiger charge is -2.08. The Balaban J connectivity index is -0.000000662. The van der Waals surface area contributed by atoms with E-state index in [0.717, 1.165) is 36.7 Å². The Morgan fingerprint density at radius 1 is 1.03 bits per heavy atom. The summed E-state index contributed by atoms with van der Waals surface area (Å²) in [5, 5.41) is 28.0. The number of amides is 1. The molecule has 6 nitrogen and oxygen atoms in total. The van der Waals surface area contributed by atoms with Crippen LogP contribution in [0.3, 0.4) is 0 Å². The summed E-state index contributed by atoms with van der Waals surface area (Å²) in [6.07, 6.45) is 7.27. The SMILES string of the molecule is CC(C)O.CCO.COc1cc(CNC(=O)CCCCCCC(C)C)ccc1O.[CH2]CC(C)C. The van der Waals surface area contributed by atoms with Crippen LogP contribution >= 0.6 is 0 Å². The quantitative estimate of drug-likeness (QED) is 0.278. The fourth-order valence-electron chi connectivity index (χ4n) is 2.31. The molecule has 4 N–H and O–H groups in total. The second-order valence-corrected chi connectivity index (χ2v) is 9.22. The smallest absolute Gasteiger partial charge is 0.220 e. The van der Waals surface area contributed by atoms with E-state index in [0.29, 0.717) is 18.7 Å². The zero-order chi connectivity index (χ0) is 26.9. The van der Waals surface area contributed by atoms with Crippen molar-refractivity contribution in [2.75, 3.05) is 13.7 Å². The minimum absolute atomic E-state index is 0.0795. The first kappa shape index (κ1) is 36.8. The first-order valence-electron chi connectivity index (χ1n) is 12.7. The van der Waals surface area contributed by atoms with Crippen LogP contribution in [0, 0.1) is 18.8 Å². The van der Waals surface area contributed by atoms with E-state index in [2.05, 4.69) is 39.9 Å². The van der Waals surface area contributed by atoms with Gasteiger partial charge in [0.25, 0.3) is 0 Å². The highest BCUT2D eigenvalue weighted by Crippen LogP contribution is 2.26. The van der Waals surface area contributed by atoms with Gasteiger partial charge in [0.05, 0.1) is 7.11 Å². The fourth-order valence-corrected chi connectivity index (χ4v) is 2.31. The van der Waals surface area contributed by atoms with E-state index in [4.69, 9.17) is 14.9 Å².